The first-order valence-electron chi connectivity index (χ1n) is 15.7. The Morgan fingerprint density at radius 1 is 0.450 bits per heavy atom. The molecular weight excluding hydrogens is 484 g/mol. The molecular formula is C38H56N2. The van der Waals surface area contributed by atoms with Crippen molar-refractivity contribution in [3.63, 3.8) is 0 Å². The first-order chi connectivity index (χ1) is 18.8. The highest BCUT2D eigenvalue weighted by molar-refractivity contribution is 5.65. The molecule has 0 radical (unpaired) electrons. The molecule has 2 N–H and O–H groups in total. The summed E-state index contributed by atoms with van der Waals surface area (Å²) in [5.74, 6) is 2.79. The van der Waals surface area contributed by atoms with Crippen LogP contribution in [0.25, 0.3) is 0 Å². The Balaban J connectivity index is 2.12. The fourth-order valence-electron chi connectivity index (χ4n) is 5.60. The Morgan fingerprint density at radius 3 is 1.18 bits per heavy atom. The van der Waals surface area contributed by atoms with E-state index in [9.17, 15) is 0 Å². The molecule has 218 valence electrons. The molecule has 3 aromatic carbocycles. The summed E-state index contributed by atoms with van der Waals surface area (Å²) >= 11 is 0. The van der Waals surface area contributed by atoms with Crippen molar-refractivity contribution >= 4 is 11.4 Å². The molecule has 0 fully saturated rings. The maximum Gasteiger partial charge on any atom is 0.0686 e. The molecule has 0 amide bonds. The summed E-state index contributed by atoms with van der Waals surface area (Å²) < 4.78 is 0. The van der Waals surface area contributed by atoms with Crippen LogP contribution in [0.2, 0.25) is 0 Å². The highest BCUT2D eigenvalue weighted by atomic mass is 15.0. The van der Waals surface area contributed by atoms with Crippen LogP contribution in [-0.4, -0.2) is 6.54 Å². The number of hydrogen-bond acceptors (Lipinski definition) is 2. The fourth-order valence-corrected chi connectivity index (χ4v) is 5.60. The van der Waals surface area contributed by atoms with Crippen molar-refractivity contribution in [2.45, 2.75) is 125 Å². The minimum atomic E-state index is 0.130. The van der Waals surface area contributed by atoms with Crippen molar-refractivity contribution in [1.29, 1.82) is 0 Å². The zero-order chi connectivity index (χ0) is 29.7. The molecule has 0 bridgehead atoms. The zero-order valence-electron chi connectivity index (χ0n) is 27.4. The van der Waals surface area contributed by atoms with Crippen molar-refractivity contribution in [3.05, 3.63) is 93.5 Å². The van der Waals surface area contributed by atoms with E-state index < -0.39 is 0 Å². The number of rotatable bonds is 12. The molecule has 2 heteroatoms. The van der Waals surface area contributed by atoms with Crippen LogP contribution in [0.4, 0.5) is 11.4 Å². The molecule has 2 nitrogen and oxygen atoms in total. The third-order valence-corrected chi connectivity index (χ3v) is 8.27. The maximum atomic E-state index is 4.10. The summed E-state index contributed by atoms with van der Waals surface area (Å²) in [6.45, 7) is 28.6. The van der Waals surface area contributed by atoms with Gasteiger partial charge in [0, 0.05) is 17.9 Å². The van der Waals surface area contributed by atoms with Gasteiger partial charge in [0.25, 0.3) is 0 Å². The third-order valence-electron chi connectivity index (χ3n) is 8.27. The van der Waals surface area contributed by atoms with Gasteiger partial charge < -0.3 is 10.6 Å². The quantitative estimate of drug-likeness (QED) is 0.239. The standard InChI is InChI=1S/C38H56N2/c1-23(2)30-18-32(25(5)6)37(33(19-30)26(7)8)39-22-36(29-16-14-13-15-17-29)40-38-34(27(9)10)20-31(24(3)4)21-35(38)28(11)12/h13-21,23-28,36,39-40H,22H2,1-12H3. The molecule has 0 saturated carbocycles. The van der Waals surface area contributed by atoms with Crippen LogP contribution in [-0.2, 0) is 0 Å². The van der Waals surface area contributed by atoms with E-state index in [1.54, 1.807) is 0 Å². The van der Waals surface area contributed by atoms with E-state index in [2.05, 4.69) is 148 Å². The minimum Gasteiger partial charge on any atom is -0.382 e. The molecule has 3 rings (SSSR count). The Bertz CT molecular complexity index is 1170. The van der Waals surface area contributed by atoms with E-state index in [1.165, 1.54) is 50.3 Å². The summed E-state index contributed by atoms with van der Waals surface area (Å²) in [5.41, 5.74) is 12.5. The predicted octanol–water partition coefficient (Wildman–Crippen LogP) is 11.7. The Kier molecular flexibility index (Phi) is 10.9. The van der Waals surface area contributed by atoms with Crippen LogP contribution in [0.3, 0.4) is 0 Å². The Hall–Kier alpha value is -2.74. The first kappa shape index (κ1) is 31.8. The minimum absolute atomic E-state index is 0.130. The summed E-state index contributed by atoms with van der Waals surface area (Å²) in [6.07, 6.45) is 0. The van der Waals surface area contributed by atoms with Crippen LogP contribution in [0, 0.1) is 0 Å². The number of hydrogen-bond donors (Lipinski definition) is 2. The summed E-state index contributed by atoms with van der Waals surface area (Å²) in [5, 5.41) is 8.09. The molecule has 0 heterocycles. The van der Waals surface area contributed by atoms with Gasteiger partial charge in [0.15, 0.2) is 0 Å². The van der Waals surface area contributed by atoms with Gasteiger partial charge in [-0.1, -0.05) is 138 Å². The van der Waals surface area contributed by atoms with Crippen molar-refractivity contribution in [2.24, 2.45) is 0 Å². The largest absolute Gasteiger partial charge is 0.382 e. The molecule has 1 atom stereocenters. The second-order valence-corrected chi connectivity index (χ2v) is 13.6. The number of nitrogens with one attached hydrogen (secondary N) is 2. The summed E-state index contributed by atoms with van der Waals surface area (Å²) in [7, 11) is 0. The van der Waals surface area contributed by atoms with Crippen LogP contribution < -0.4 is 10.6 Å². The summed E-state index contributed by atoms with van der Waals surface area (Å²) in [4.78, 5) is 0. The monoisotopic (exact) mass is 540 g/mol. The Morgan fingerprint density at radius 2 is 0.825 bits per heavy atom. The second-order valence-electron chi connectivity index (χ2n) is 13.6. The van der Waals surface area contributed by atoms with Crippen molar-refractivity contribution in [2.75, 3.05) is 17.2 Å². The number of anilines is 2. The highest BCUT2D eigenvalue weighted by Crippen LogP contribution is 2.39. The molecule has 0 aliphatic heterocycles. The molecule has 0 aliphatic rings. The molecule has 0 spiro atoms. The van der Waals surface area contributed by atoms with Gasteiger partial charge in [0.1, 0.15) is 0 Å². The van der Waals surface area contributed by atoms with Crippen molar-refractivity contribution < 1.29 is 0 Å². The van der Waals surface area contributed by atoms with Gasteiger partial charge in [0.05, 0.1) is 6.04 Å². The SMILES string of the molecule is CC(C)c1cc(C(C)C)c(NCC(Nc2c(C(C)C)cc(C(C)C)cc2C(C)C)c2ccccc2)c(C(C)C)c1. The van der Waals surface area contributed by atoms with E-state index in [0.29, 0.717) is 35.5 Å². The molecule has 0 aromatic heterocycles. The first-order valence-corrected chi connectivity index (χ1v) is 15.7. The van der Waals surface area contributed by atoms with E-state index in [1.807, 2.05) is 0 Å². The lowest BCUT2D eigenvalue weighted by Crippen LogP contribution is -2.23. The van der Waals surface area contributed by atoms with E-state index in [4.69, 9.17) is 0 Å². The lowest BCUT2D eigenvalue weighted by molar-refractivity contribution is 0.768. The smallest absolute Gasteiger partial charge is 0.0686 e. The van der Waals surface area contributed by atoms with E-state index >= 15 is 0 Å². The van der Waals surface area contributed by atoms with Crippen LogP contribution in [0.5, 0.6) is 0 Å². The zero-order valence-corrected chi connectivity index (χ0v) is 27.4. The highest BCUT2D eigenvalue weighted by Gasteiger charge is 2.23. The Labute approximate surface area is 246 Å². The molecule has 1 unspecified atom stereocenters. The average Bonchev–Trinajstić information content (AvgIpc) is 2.90. The lowest BCUT2D eigenvalue weighted by Gasteiger charge is -2.30. The van der Waals surface area contributed by atoms with Gasteiger partial charge >= 0.3 is 0 Å². The molecule has 40 heavy (non-hydrogen) atoms. The van der Waals surface area contributed by atoms with E-state index in [-0.39, 0.29) is 6.04 Å². The van der Waals surface area contributed by atoms with Gasteiger partial charge in [-0.25, -0.2) is 0 Å². The second kappa shape index (κ2) is 13.7. The van der Waals surface area contributed by atoms with Gasteiger partial charge in [-0.3, -0.25) is 0 Å². The summed E-state index contributed by atoms with van der Waals surface area (Å²) in [6, 6.07) is 20.9. The van der Waals surface area contributed by atoms with Gasteiger partial charge in [-0.05, 0) is 74.5 Å². The van der Waals surface area contributed by atoms with Crippen molar-refractivity contribution in [1.82, 2.24) is 0 Å². The topological polar surface area (TPSA) is 24.1 Å². The van der Waals surface area contributed by atoms with Gasteiger partial charge in [0.2, 0.25) is 0 Å². The van der Waals surface area contributed by atoms with Gasteiger partial charge in [-0.15, -0.1) is 0 Å². The van der Waals surface area contributed by atoms with Crippen LogP contribution in [0.1, 0.15) is 164 Å². The average molecular weight is 541 g/mol. The normalized spacial score (nSPS) is 12.8. The maximum absolute atomic E-state index is 4.10. The fraction of sp³-hybridized carbons (Fsp3) is 0.526. The van der Waals surface area contributed by atoms with E-state index in [0.717, 1.165) is 6.54 Å². The molecule has 0 saturated heterocycles. The van der Waals surface area contributed by atoms with Gasteiger partial charge in [-0.2, -0.15) is 0 Å². The van der Waals surface area contributed by atoms with Crippen molar-refractivity contribution in [3.8, 4) is 0 Å². The molecule has 3 aromatic rings. The van der Waals surface area contributed by atoms with Crippen LogP contribution in [0.15, 0.2) is 54.6 Å². The lowest BCUT2D eigenvalue weighted by atomic mass is 9.86. The van der Waals surface area contributed by atoms with Crippen LogP contribution >= 0.6 is 0 Å². The third kappa shape index (κ3) is 7.50. The number of benzene rings is 3. The predicted molar refractivity (Wildman–Crippen MR) is 179 cm³/mol. The molecule has 0 aliphatic carbocycles.